The van der Waals surface area contributed by atoms with Gasteiger partial charge in [-0.05, 0) is 121 Å². The molecule has 1 heterocycles. The molecular formula is C28H29N. The Morgan fingerprint density at radius 2 is 1.52 bits per heavy atom. The summed E-state index contributed by atoms with van der Waals surface area (Å²) in [5, 5.41) is 0. The van der Waals surface area contributed by atoms with Gasteiger partial charge in [-0.25, -0.2) is 0 Å². The molecule has 6 rings (SSSR count). The average Bonchev–Trinajstić information content (AvgIpc) is 3.11. The zero-order chi connectivity index (χ0) is 19.5. The summed E-state index contributed by atoms with van der Waals surface area (Å²) in [5.41, 5.74) is 11.0. The molecule has 3 aliphatic carbocycles. The van der Waals surface area contributed by atoms with Gasteiger partial charge in [0.25, 0.3) is 0 Å². The molecule has 29 heavy (non-hydrogen) atoms. The predicted octanol–water partition coefficient (Wildman–Crippen LogP) is 7.42. The van der Waals surface area contributed by atoms with Crippen molar-refractivity contribution in [3.63, 3.8) is 0 Å². The Morgan fingerprint density at radius 1 is 0.724 bits per heavy atom. The van der Waals surface area contributed by atoms with Crippen LogP contribution in [0.1, 0.15) is 66.2 Å². The Labute approximate surface area is 174 Å². The van der Waals surface area contributed by atoms with Crippen molar-refractivity contribution in [2.75, 3.05) is 0 Å². The summed E-state index contributed by atoms with van der Waals surface area (Å²) in [4.78, 5) is 4.78. The average molecular weight is 380 g/mol. The van der Waals surface area contributed by atoms with Crippen LogP contribution in [0.3, 0.4) is 0 Å². The Balaban J connectivity index is 1.44. The highest BCUT2D eigenvalue weighted by molar-refractivity contribution is 5.75. The van der Waals surface area contributed by atoms with Crippen LogP contribution in [0.15, 0.2) is 54.7 Å². The maximum absolute atomic E-state index is 4.78. The van der Waals surface area contributed by atoms with Crippen molar-refractivity contribution in [1.82, 2.24) is 4.98 Å². The fraction of sp³-hybridized carbons (Fsp3) is 0.393. The van der Waals surface area contributed by atoms with E-state index < -0.39 is 0 Å². The first-order valence-electron chi connectivity index (χ1n) is 11.3. The van der Waals surface area contributed by atoms with E-state index in [9.17, 15) is 0 Å². The van der Waals surface area contributed by atoms with E-state index >= 15 is 0 Å². The van der Waals surface area contributed by atoms with Gasteiger partial charge in [0.15, 0.2) is 0 Å². The Kier molecular flexibility index (Phi) is 3.94. The van der Waals surface area contributed by atoms with Crippen molar-refractivity contribution in [3.05, 3.63) is 77.0 Å². The first-order chi connectivity index (χ1) is 14.2. The van der Waals surface area contributed by atoms with E-state index in [4.69, 9.17) is 4.98 Å². The molecule has 0 N–H and O–H groups in total. The summed E-state index contributed by atoms with van der Waals surface area (Å²) < 4.78 is 0. The Hall–Kier alpha value is -2.41. The topological polar surface area (TPSA) is 12.9 Å². The molecule has 3 bridgehead atoms. The smallest absolute Gasteiger partial charge is 0.0708 e. The van der Waals surface area contributed by atoms with Gasteiger partial charge in [-0.1, -0.05) is 30.3 Å². The van der Waals surface area contributed by atoms with Crippen LogP contribution < -0.4 is 0 Å². The largest absolute Gasteiger partial charge is 0.256 e. The molecule has 4 atom stereocenters. The van der Waals surface area contributed by atoms with E-state index in [1.54, 1.807) is 11.1 Å². The second-order valence-corrected chi connectivity index (χ2v) is 9.74. The number of nitrogens with zero attached hydrogens (tertiary/aromatic N) is 1. The quantitative estimate of drug-likeness (QED) is 0.451. The molecule has 2 fully saturated rings. The summed E-state index contributed by atoms with van der Waals surface area (Å²) in [6, 6.07) is 18.3. The Morgan fingerprint density at radius 3 is 2.38 bits per heavy atom. The number of benzene rings is 2. The van der Waals surface area contributed by atoms with E-state index in [-0.39, 0.29) is 0 Å². The third-order valence-electron chi connectivity index (χ3n) is 8.11. The number of hydrogen-bond acceptors (Lipinski definition) is 1. The van der Waals surface area contributed by atoms with Gasteiger partial charge in [0, 0.05) is 11.8 Å². The van der Waals surface area contributed by atoms with Gasteiger partial charge in [-0.3, -0.25) is 4.98 Å². The summed E-state index contributed by atoms with van der Waals surface area (Å²) in [6.07, 6.45) is 9.13. The van der Waals surface area contributed by atoms with Crippen molar-refractivity contribution in [1.29, 1.82) is 0 Å². The lowest BCUT2D eigenvalue weighted by molar-refractivity contribution is 0.249. The lowest BCUT2D eigenvalue weighted by Gasteiger charge is -2.34. The van der Waals surface area contributed by atoms with Gasteiger partial charge >= 0.3 is 0 Å². The Bertz CT molecular complexity index is 1070. The molecule has 4 unspecified atom stereocenters. The normalized spacial score (nSPS) is 27.0. The standard InChI is InChI=1S/C28H29N/c1-17-4-3-5-18(2)28(17)22-10-11-29-27(16-22)21-8-9-25-20-7-6-19-12-24(26(25)15-21)14-23(19)13-20/h3-5,8-11,15-16,19-20,23-24H,6-7,12-14H2,1-2H3. The van der Waals surface area contributed by atoms with E-state index in [0.29, 0.717) is 0 Å². The van der Waals surface area contributed by atoms with Crippen molar-refractivity contribution < 1.29 is 0 Å². The molecule has 0 amide bonds. The molecule has 1 aromatic heterocycles. The maximum atomic E-state index is 4.78. The first kappa shape index (κ1) is 17.4. The maximum Gasteiger partial charge on any atom is 0.0708 e. The monoisotopic (exact) mass is 379 g/mol. The highest BCUT2D eigenvalue weighted by Gasteiger charge is 2.43. The predicted molar refractivity (Wildman–Crippen MR) is 120 cm³/mol. The molecule has 3 aromatic rings. The first-order valence-corrected chi connectivity index (χ1v) is 11.3. The number of rotatable bonds is 2. The third kappa shape index (κ3) is 2.78. The van der Waals surface area contributed by atoms with Crippen LogP contribution >= 0.6 is 0 Å². The minimum atomic E-state index is 0.784. The van der Waals surface area contributed by atoms with E-state index in [1.165, 1.54) is 59.9 Å². The molecule has 2 saturated carbocycles. The molecule has 1 nitrogen and oxygen atoms in total. The zero-order valence-corrected chi connectivity index (χ0v) is 17.5. The second kappa shape index (κ2) is 6.55. The van der Waals surface area contributed by atoms with Gasteiger partial charge in [0.2, 0.25) is 0 Å². The molecule has 0 aliphatic heterocycles. The van der Waals surface area contributed by atoms with Crippen LogP contribution in [0.2, 0.25) is 0 Å². The number of hydrogen-bond donors (Lipinski definition) is 0. The second-order valence-electron chi connectivity index (χ2n) is 9.74. The van der Waals surface area contributed by atoms with E-state index in [1.807, 2.05) is 6.20 Å². The molecular weight excluding hydrogens is 350 g/mol. The van der Waals surface area contributed by atoms with Crippen LogP contribution in [-0.4, -0.2) is 4.98 Å². The van der Waals surface area contributed by atoms with Crippen LogP contribution in [0.25, 0.3) is 22.4 Å². The van der Waals surface area contributed by atoms with Gasteiger partial charge in [-0.2, -0.15) is 0 Å². The summed E-state index contributed by atoms with van der Waals surface area (Å²) in [6.45, 7) is 4.41. The van der Waals surface area contributed by atoms with Gasteiger partial charge in [0.05, 0.1) is 5.69 Å². The molecule has 1 heteroatoms. The molecule has 0 saturated heterocycles. The molecule has 3 aliphatic rings. The highest BCUT2D eigenvalue weighted by atomic mass is 14.7. The number of aryl methyl sites for hydroxylation is 2. The summed E-state index contributed by atoms with van der Waals surface area (Å²) in [7, 11) is 0. The molecule has 146 valence electrons. The zero-order valence-electron chi connectivity index (χ0n) is 17.5. The minimum Gasteiger partial charge on any atom is -0.256 e. The van der Waals surface area contributed by atoms with Gasteiger partial charge in [-0.15, -0.1) is 0 Å². The van der Waals surface area contributed by atoms with E-state index in [0.717, 1.165) is 29.4 Å². The van der Waals surface area contributed by atoms with Crippen LogP contribution in [0.4, 0.5) is 0 Å². The van der Waals surface area contributed by atoms with Crippen molar-refractivity contribution >= 4 is 0 Å². The molecule has 2 aromatic carbocycles. The SMILES string of the molecule is Cc1cccc(C)c1-c1ccnc(-c2ccc3c(c2)C2CC4CCC3CC4C2)c1. The fourth-order valence-corrected chi connectivity index (χ4v) is 6.76. The third-order valence-corrected chi connectivity index (χ3v) is 8.11. The summed E-state index contributed by atoms with van der Waals surface area (Å²) in [5.74, 6) is 3.57. The minimum absolute atomic E-state index is 0.784. The lowest BCUT2D eigenvalue weighted by atomic mass is 9.71. The molecule has 0 spiro atoms. The lowest BCUT2D eigenvalue weighted by Crippen LogP contribution is -2.20. The van der Waals surface area contributed by atoms with Crippen molar-refractivity contribution in [2.45, 2.75) is 57.8 Å². The van der Waals surface area contributed by atoms with Gasteiger partial charge in [0.1, 0.15) is 0 Å². The van der Waals surface area contributed by atoms with Crippen molar-refractivity contribution in [3.8, 4) is 22.4 Å². The van der Waals surface area contributed by atoms with Crippen LogP contribution in [-0.2, 0) is 0 Å². The van der Waals surface area contributed by atoms with Gasteiger partial charge < -0.3 is 0 Å². The van der Waals surface area contributed by atoms with Crippen LogP contribution in [0.5, 0.6) is 0 Å². The number of pyridine rings is 1. The fourth-order valence-electron chi connectivity index (χ4n) is 6.76. The van der Waals surface area contributed by atoms with Crippen LogP contribution in [0, 0.1) is 25.7 Å². The summed E-state index contributed by atoms with van der Waals surface area (Å²) >= 11 is 0. The highest BCUT2D eigenvalue weighted by Crippen LogP contribution is 2.57. The van der Waals surface area contributed by atoms with E-state index in [2.05, 4.69) is 62.4 Å². The molecule has 0 radical (unpaired) electrons. The van der Waals surface area contributed by atoms with Crippen molar-refractivity contribution in [2.24, 2.45) is 11.8 Å². The number of aromatic nitrogens is 1. The number of fused-ring (bicyclic) bond motifs is 5.